The highest BCUT2D eigenvalue weighted by Crippen LogP contribution is 2.23. The van der Waals surface area contributed by atoms with E-state index in [4.69, 9.17) is 20.8 Å². The van der Waals surface area contributed by atoms with Gasteiger partial charge in [-0.05, 0) is 30.3 Å². The molecule has 0 radical (unpaired) electrons. The number of hydrogen-bond acceptors (Lipinski definition) is 6. The second-order valence-corrected chi connectivity index (χ2v) is 6.43. The number of aromatic nitrogens is 1. The van der Waals surface area contributed by atoms with Crippen molar-refractivity contribution in [3.05, 3.63) is 53.3 Å². The number of hydrogen-bond donors (Lipinski definition) is 1. The van der Waals surface area contributed by atoms with Gasteiger partial charge < -0.3 is 14.5 Å². The summed E-state index contributed by atoms with van der Waals surface area (Å²) in [6.07, 6.45) is 0. The maximum Gasteiger partial charge on any atom is 0.316 e. The molecule has 9 heteroatoms. The fourth-order valence-corrected chi connectivity index (χ4v) is 2.81. The van der Waals surface area contributed by atoms with E-state index >= 15 is 0 Å². The number of rotatable bonds is 6. The summed E-state index contributed by atoms with van der Waals surface area (Å²) in [4.78, 5) is 27.7. The van der Waals surface area contributed by atoms with E-state index in [2.05, 4.69) is 10.3 Å². The summed E-state index contributed by atoms with van der Waals surface area (Å²) in [5.74, 6) is -2.02. The van der Waals surface area contributed by atoms with Gasteiger partial charge in [-0.2, -0.15) is 0 Å². The van der Waals surface area contributed by atoms with Crippen molar-refractivity contribution in [2.45, 2.75) is 5.22 Å². The molecule has 3 aromatic rings. The Balaban J connectivity index is 1.46. The summed E-state index contributed by atoms with van der Waals surface area (Å²) in [7, 11) is 0. The predicted octanol–water partition coefficient (Wildman–Crippen LogP) is 3.89. The van der Waals surface area contributed by atoms with Crippen molar-refractivity contribution in [3.8, 4) is 0 Å². The van der Waals surface area contributed by atoms with Crippen LogP contribution < -0.4 is 5.32 Å². The zero-order valence-corrected chi connectivity index (χ0v) is 14.8. The number of oxazole rings is 1. The largest absolute Gasteiger partial charge is 0.455 e. The topological polar surface area (TPSA) is 81.4 Å². The van der Waals surface area contributed by atoms with E-state index < -0.39 is 24.3 Å². The van der Waals surface area contributed by atoms with Gasteiger partial charge in [0, 0.05) is 5.02 Å². The van der Waals surface area contributed by atoms with Gasteiger partial charge >= 0.3 is 5.97 Å². The zero-order chi connectivity index (χ0) is 18.5. The maximum atomic E-state index is 13.5. The molecule has 2 aromatic carbocycles. The standard InChI is InChI=1S/C17H12ClFN2O4S/c18-10-5-6-11(19)13(7-10)20-15(22)8-24-16(23)9-26-17-21-12-3-1-2-4-14(12)25-17/h1-7H,8-9H2,(H,20,22). The molecule has 3 rings (SSSR count). The van der Waals surface area contributed by atoms with Crippen LogP contribution >= 0.6 is 23.4 Å². The summed E-state index contributed by atoms with van der Waals surface area (Å²) in [6, 6.07) is 11.0. The summed E-state index contributed by atoms with van der Waals surface area (Å²) < 4.78 is 23.8. The van der Waals surface area contributed by atoms with Crippen LogP contribution in [-0.4, -0.2) is 29.2 Å². The number of ether oxygens (including phenoxy) is 1. The molecule has 0 aliphatic rings. The first kappa shape index (κ1) is 18.2. The number of amides is 1. The van der Waals surface area contributed by atoms with Crippen LogP contribution in [0.2, 0.25) is 5.02 Å². The van der Waals surface area contributed by atoms with Crippen molar-refractivity contribution in [1.82, 2.24) is 4.98 Å². The molecule has 1 aromatic heterocycles. The normalized spacial score (nSPS) is 10.7. The van der Waals surface area contributed by atoms with E-state index in [9.17, 15) is 14.0 Å². The van der Waals surface area contributed by atoms with Crippen molar-refractivity contribution in [1.29, 1.82) is 0 Å². The maximum absolute atomic E-state index is 13.5. The van der Waals surface area contributed by atoms with Crippen molar-refractivity contribution in [3.63, 3.8) is 0 Å². The van der Waals surface area contributed by atoms with Crippen molar-refractivity contribution in [2.24, 2.45) is 0 Å². The molecule has 134 valence electrons. The van der Waals surface area contributed by atoms with Gasteiger partial charge in [0.05, 0.1) is 5.69 Å². The van der Waals surface area contributed by atoms with E-state index in [0.29, 0.717) is 16.3 Å². The summed E-state index contributed by atoms with van der Waals surface area (Å²) in [5.41, 5.74) is 1.22. The van der Waals surface area contributed by atoms with Crippen LogP contribution in [-0.2, 0) is 14.3 Å². The number of thioether (sulfide) groups is 1. The average molecular weight is 395 g/mol. The first-order chi connectivity index (χ1) is 12.5. The molecule has 1 N–H and O–H groups in total. The highest BCUT2D eigenvalue weighted by Gasteiger charge is 2.13. The number of carbonyl (C=O) groups excluding carboxylic acids is 2. The fraction of sp³-hybridized carbons (Fsp3) is 0.118. The van der Waals surface area contributed by atoms with Gasteiger partial charge in [0.15, 0.2) is 12.2 Å². The second-order valence-electron chi connectivity index (χ2n) is 5.07. The lowest BCUT2D eigenvalue weighted by Gasteiger charge is -2.07. The van der Waals surface area contributed by atoms with Gasteiger partial charge in [-0.3, -0.25) is 9.59 Å². The predicted molar refractivity (Wildman–Crippen MR) is 95.7 cm³/mol. The first-order valence-corrected chi connectivity index (χ1v) is 8.76. The second kappa shape index (κ2) is 8.20. The number of nitrogens with one attached hydrogen (secondary N) is 1. The van der Waals surface area contributed by atoms with E-state index in [-0.39, 0.29) is 16.5 Å². The Kier molecular flexibility index (Phi) is 5.75. The van der Waals surface area contributed by atoms with Gasteiger partial charge in [-0.1, -0.05) is 35.5 Å². The molecule has 6 nitrogen and oxygen atoms in total. The lowest BCUT2D eigenvalue weighted by Crippen LogP contribution is -2.22. The van der Waals surface area contributed by atoms with Gasteiger partial charge in [0.25, 0.3) is 11.1 Å². The number of benzene rings is 2. The Morgan fingerprint density at radius 2 is 2.08 bits per heavy atom. The van der Waals surface area contributed by atoms with Crippen molar-refractivity contribution in [2.75, 3.05) is 17.7 Å². The minimum Gasteiger partial charge on any atom is -0.455 e. The van der Waals surface area contributed by atoms with E-state index in [1.807, 2.05) is 12.1 Å². The molecule has 1 heterocycles. The number of esters is 1. The molecule has 0 unspecified atom stereocenters. The first-order valence-electron chi connectivity index (χ1n) is 7.40. The van der Waals surface area contributed by atoms with Crippen LogP contribution in [0.3, 0.4) is 0 Å². The SMILES string of the molecule is O=C(COC(=O)CSc1nc2ccccc2o1)Nc1cc(Cl)ccc1F. The van der Waals surface area contributed by atoms with Gasteiger partial charge in [-0.15, -0.1) is 0 Å². The summed E-state index contributed by atoms with van der Waals surface area (Å²) in [5, 5.41) is 2.88. The lowest BCUT2D eigenvalue weighted by molar-refractivity contribution is -0.144. The molecule has 0 atom stereocenters. The minimum atomic E-state index is -0.675. The lowest BCUT2D eigenvalue weighted by atomic mass is 10.3. The number of carbonyl (C=O) groups is 2. The third-order valence-corrected chi connectivity index (χ3v) is 4.19. The Bertz CT molecular complexity index is 930. The van der Waals surface area contributed by atoms with E-state index in [0.717, 1.165) is 17.8 Å². The quantitative estimate of drug-likeness (QED) is 0.504. The summed E-state index contributed by atoms with van der Waals surface area (Å²) >= 11 is 6.79. The van der Waals surface area contributed by atoms with Crippen LogP contribution in [0.4, 0.5) is 10.1 Å². The third-order valence-electron chi connectivity index (χ3n) is 3.15. The third kappa shape index (κ3) is 4.74. The highest BCUT2D eigenvalue weighted by molar-refractivity contribution is 7.99. The molecule has 26 heavy (non-hydrogen) atoms. The molecule has 0 saturated carbocycles. The van der Waals surface area contributed by atoms with Crippen LogP contribution in [0.15, 0.2) is 52.1 Å². The smallest absolute Gasteiger partial charge is 0.316 e. The molecule has 0 aliphatic carbocycles. The van der Waals surface area contributed by atoms with Gasteiger partial charge in [0.2, 0.25) is 0 Å². The Labute approximate surface area is 156 Å². The monoisotopic (exact) mass is 394 g/mol. The van der Waals surface area contributed by atoms with Crippen molar-refractivity contribution < 1.29 is 23.1 Å². The van der Waals surface area contributed by atoms with Crippen LogP contribution in [0.1, 0.15) is 0 Å². The zero-order valence-electron chi connectivity index (χ0n) is 13.2. The highest BCUT2D eigenvalue weighted by atomic mass is 35.5. The van der Waals surface area contributed by atoms with Gasteiger partial charge in [0.1, 0.15) is 17.1 Å². The molecule has 0 spiro atoms. The molecule has 0 aliphatic heterocycles. The number of halogens is 2. The van der Waals surface area contributed by atoms with E-state index in [1.165, 1.54) is 12.1 Å². The van der Waals surface area contributed by atoms with Gasteiger partial charge in [-0.25, -0.2) is 9.37 Å². The Morgan fingerprint density at radius 1 is 1.27 bits per heavy atom. The molecule has 0 saturated heterocycles. The molecule has 1 amide bonds. The van der Waals surface area contributed by atoms with E-state index in [1.54, 1.807) is 12.1 Å². The van der Waals surface area contributed by atoms with Crippen LogP contribution in [0, 0.1) is 5.82 Å². The minimum absolute atomic E-state index is 0.0777. The molecular weight excluding hydrogens is 383 g/mol. The molecule has 0 bridgehead atoms. The Morgan fingerprint density at radius 3 is 2.88 bits per heavy atom. The summed E-state index contributed by atoms with van der Waals surface area (Å²) in [6.45, 7) is -0.543. The van der Waals surface area contributed by atoms with Crippen LogP contribution in [0.25, 0.3) is 11.1 Å². The Hall–Kier alpha value is -2.58. The number of para-hydroxylation sites is 2. The molecular formula is C17H12ClFN2O4S. The number of fused-ring (bicyclic) bond motifs is 1. The molecule has 0 fully saturated rings. The fourth-order valence-electron chi connectivity index (χ4n) is 2.00. The number of anilines is 1. The van der Waals surface area contributed by atoms with Crippen LogP contribution in [0.5, 0.6) is 0 Å². The number of nitrogens with zero attached hydrogens (tertiary/aromatic N) is 1. The average Bonchev–Trinajstić information content (AvgIpc) is 3.04. The van der Waals surface area contributed by atoms with Crippen molar-refractivity contribution >= 4 is 52.0 Å².